The Morgan fingerprint density at radius 1 is 1.29 bits per heavy atom. The van der Waals surface area contributed by atoms with Gasteiger partial charge in [0.2, 0.25) is 10.0 Å². The zero-order valence-electron chi connectivity index (χ0n) is 14.1. The Bertz CT molecular complexity index is 872. The molecule has 130 valence electrons. The Morgan fingerprint density at radius 3 is 2.88 bits per heavy atom. The van der Waals surface area contributed by atoms with Gasteiger partial charge >= 0.3 is 0 Å². The highest BCUT2D eigenvalue weighted by Gasteiger charge is 2.37. The quantitative estimate of drug-likeness (QED) is 0.895. The molecule has 1 aromatic carbocycles. The molecule has 2 aromatic rings. The SMILES string of the molecule is Cc1ccc2[nH]c3c(c2c1)C[C@H](NS(=O)(=O)[C@@H]1CCO[C@H]1C)CC3. The summed E-state index contributed by atoms with van der Waals surface area (Å²) in [5, 5.41) is 0.801. The number of sulfonamides is 1. The van der Waals surface area contributed by atoms with E-state index in [9.17, 15) is 8.42 Å². The van der Waals surface area contributed by atoms with E-state index in [0.29, 0.717) is 13.0 Å². The van der Waals surface area contributed by atoms with Gasteiger partial charge in [0.05, 0.1) is 6.10 Å². The van der Waals surface area contributed by atoms with Gasteiger partial charge in [-0.2, -0.15) is 0 Å². The third-order valence-electron chi connectivity index (χ3n) is 5.38. The van der Waals surface area contributed by atoms with Crippen LogP contribution < -0.4 is 4.72 Å². The minimum absolute atomic E-state index is 0.0326. The van der Waals surface area contributed by atoms with Gasteiger partial charge in [-0.25, -0.2) is 13.1 Å². The number of aryl methyl sites for hydroxylation is 2. The Labute approximate surface area is 142 Å². The first kappa shape index (κ1) is 16.1. The average Bonchev–Trinajstić information content (AvgIpc) is 3.11. The molecule has 0 bridgehead atoms. The first-order valence-corrected chi connectivity index (χ1v) is 10.2. The van der Waals surface area contributed by atoms with Gasteiger partial charge in [-0.1, -0.05) is 11.6 Å². The van der Waals surface area contributed by atoms with Crippen LogP contribution in [0.3, 0.4) is 0 Å². The second-order valence-electron chi connectivity index (χ2n) is 7.14. The van der Waals surface area contributed by atoms with E-state index in [0.717, 1.165) is 24.8 Å². The van der Waals surface area contributed by atoms with Crippen molar-refractivity contribution in [3.63, 3.8) is 0 Å². The molecule has 1 fully saturated rings. The normalized spacial score (nSPS) is 27.5. The van der Waals surface area contributed by atoms with Gasteiger partial charge in [0.1, 0.15) is 5.25 Å². The van der Waals surface area contributed by atoms with Gasteiger partial charge in [0, 0.05) is 29.2 Å². The second kappa shape index (κ2) is 5.86. The standard InChI is InChI=1S/C18H24N2O3S/c1-11-3-5-16-14(9-11)15-10-13(4-6-17(15)19-16)20-24(21,22)18-7-8-23-12(18)2/h3,5,9,12-13,18-20H,4,6-8,10H2,1-2H3/t12-,13+,18+/m0/s1. The van der Waals surface area contributed by atoms with Crippen molar-refractivity contribution in [3.8, 4) is 0 Å². The summed E-state index contributed by atoms with van der Waals surface area (Å²) in [7, 11) is -3.34. The molecule has 2 aliphatic rings. The Kier molecular flexibility index (Phi) is 3.94. The number of aromatic nitrogens is 1. The number of nitrogens with one attached hydrogen (secondary N) is 2. The van der Waals surface area contributed by atoms with E-state index in [1.807, 2.05) is 6.92 Å². The molecule has 0 unspecified atom stereocenters. The molecule has 1 aromatic heterocycles. The van der Waals surface area contributed by atoms with Crippen molar-refractivity contribution < 1.29 is 13.2 Å². The van der Waals surface area contributed by atoms with Gasteiger partial charge in [-0.05, 0) is 57.2 Å². The second-order valence-corrected chi connectivity index (χ2v) is 9.07. The van der Waals surface area contributed by atoms with Gasteiger partial charge in [-0.15, -0.1) is 0 Å². The highest BCUT2D eigenvalue weighted by molar-refractivity contribution is 7.90. The molecule has 0 spiro atoms. The van der Waals surface area contributed by atoms with E-state index in [1.54, 1.807) is 0 Å². The molecule has 4 rings (SSSR count). The minimum Gasteiger partial charge on any atom is -0.377 e. The molecular formula is C18H24N2O3S. The molecule has 1 aliphatic heterocycles. The average molecular weight is 348 g/mol. The molecule has 2 heterocycles. The summed E-state index contributed by atoms with van der Waals surface area (Å²) >= 11 is 0. The number of fused-ring (bicyclic) bond motifs is 3. The predicted octanol–water partition coefficient (Wildman–Crippen LogP) is 2.43. The van der Waals surface area contributed by atoms with Gasteiger partial charge in [0.15, 0.2) is 0 Å². The zero-order valence-corrected chi connectivity index (χ0v) is 14.9. The van der Waals surface area contributed by atoms with E-state index in [4.69, 9.17) is 4.74 Å². The Morgan fingerprint density at radius 2 is 2.12 bits per heavy atom. The lowest BCUT2D eigenvalue weighted by atomic mass is 9.92. The fourth-order valence-electron chi connectivity index (χ4n) is 4.07. The number of aromatic amines is 1. The van der Waals surface area contributed by atoms with E-state index in [-0.39, 0.29) is 12.1 Å². The third kappa shape index (κ3) is 2.76. The van der Waals surface area contributed by atoms with Gasteiger partial charge < -0.3 is 9.72 Å². The highest BCUT2D eigenvalue weighted by atomic mass is 32.2. The third-order valence-corrected chi connectivity index (χ3v) is 7.46. The molecular weight excluding hydrogens is 324 g/mol. The maximum atomic E-state index is 12.7. The number of ether oxygens (including phenoxy) is 1. The molecule has 24 heavy (non-hydrogen) atoms. The maximum absolute atomic E-state index is 12.7. The summed E-state index contributed by atoms with van der Waals surface area (Å²) in [6.45, 7) is 4.46. The van der Waals surface area contributed by atoms with Crippen LogP contribution in [0.2, 0.25) is 0 Å². The number of benzene rings is 1. The summed E-state index contributed by atoms with van der Waals surface area (Å²) in [5.74, 6) is 0. The molecule has 3 atom stereocenters. The van der Waals surface area contributed by atoms with Crippen molar-refractivity contribution in [2.75, 3.05) is 6.61 Å². The molecule has 0 saturated carbocycles. The van der Waals surface area contributed by atoms with E-state index < -0.39 is 15.3 Å². The monoisotopic (exact) mass is 348 g/mol. The lowest BCUT2D eigenvalue weighted by molar-refractivity contribution is 0.126. The predicted molar refractivity (Wildman–Crippen MR) is 94.7 cm³/mol. The first-order chi connectivity index (χ1) is 11.4. The number of hydrogen-bond acceptors (Lipinski definition) is 3. The maximum Gasteiger partial charge on any atom is 0.217 e. The molecule has 1 saturated heterocycles. The van der Waals surface area contributed by atoms with Crippen LogP contribution in [0.15, 0.2) is 18.2 Å². The van der Waals surface area contributed by atoms with E-state index >= 15 is 0 Å². The summed E-state index contributed by atoms with van der Waals surface area (Å²) in [5.41, 5.74) is 4.89. The topological polar surface area (TPSA) is 71.2 Å². The van der Waals surface area contributed by atoms with Crippen molar-refractivity contribution in [1.82, 2.24) is 9.71 Å². The molecule has 0 radical (unpaired) electrons. The van der Waals surface area contributed by atoms with E-state index in [1.165, 1.54) is 22.2 Å². The summed E-state index contributed by atoms with van der Waals surface area (Å²) in [6, 6.07) is 6.37. The van der Waals surface area contributed by atoms with Gasteiger partial charge in [-0.3, -0.25) is 0 Å². The lowest BCUT2D eigenvalue weighted by Crippen LogP contribution is -2.45. The molecule has 2 N–H and O–H groups in total. The zero-order chi connectivity index (χ0) is 16.9. The molecule has 1 aliphatic carbocycles. The fourth-order valence-corrected chi connectivity index (χ4v) is 5.90. The van der Waals surface area contributed by atoms with Crippen molar-refractivity contribution in [1.29, 1.82) is 0 Å². The van der Waals surface area contributed by atoms with Crippen molar-refractivity contribution in [2.45, 2.75) is 56.9 Å². The molecule has 6 heteroatoms. The fraction of sp³-hybridized carbons (Fsp3) is 0.556. The summed E-state index contributed by atoms with van der Waals surface area (Å²) in [4.78, 5) is 3.49. The first-order valence-electron chi connectivity index (χ1n) is 8.67. The lowest BCUT2D eigenvalue weighted by Gasteiger charge is -2.26. The molecule has 0 amide bonds. The van der Waals surface area contributed by atoms with Crippen LogP contribution in [-0.4, -0.2) is 37.4 Å². The van der Waals surface area contributed by atoms with Crippen LogP contribution in [0.5, 0.6) is 0 Å². The van der Waals surface area contributed by atoms with E-state index in [2.05, 4.69) is 34.8 Å². The Hall–Kier alpha value is -1.37. The van der Waals surface area contributed by atoms with Crippen molar-refractivity contribution >= 4 is 20.9 Å². The van der Waals surface area contributed by atoms with Crippen LogP contribution in [-0.2, 0) is 27.6 Å². The minimum atomic E-state index is -3.34. The number of H-pyrrole nitrogens is 1. The number of rotatable bonds is 3. The van der Waals surface area contributed by atoms with Crippen LogP contribution in [0.1, 0.15) is 36.6 Å². The summed E-state index contributed by atoms with van der Waals surface area (Å²) < 4.78 is 33.7. The Balaban J connectivity index is 1.58. The van der Waals surface area contributed by atoms with Crippen LogP contribution in [0.25, 0.3) is 10.9 Å². The summed E-state index contributed by atoms with van der Waals surface area (Å²) in [6.07, 6.45) is 2.82. The van der Waals surface area contributed by atoms with Crippen LogP contribution in [0.4, 0.5) is 0 Å². The molecule has 5 nitrogen and oxygen atoms in total. The number of hydrogen-bond donors (Lipinski definition) is 2. The van der Waals surface area contributed by atoms with Crippen LogP contribution in [0, 0.1) is 6.92 Å². The van der Waals surface area contributed by atoms with Crippen molar-refractivity contribution in [2.24, 2.45) is 0 Å². The largest absolute Gasteiger partial charge is 0.377 e. The smallest absolute Gasteiger partial charge is 0.217 e. The highest BCUT2D eigenvalue weighted by Crippen LogP contribution is 2.30. The van der Waals surface area contributed by atoms with Crippen molar-refractivity contribution in [3.05, 3.63) is 35.0 Å². The van der Waals surface area contributed by atoms with Gasteiger partial charge in [0.25, 0.3) is 0 Å². The van der Waals surface area contributed by atoms with Crippen LogP contribution >= 0.6 is 0 Å².